The largest absolute Gasteiger partial charge is 0.376 e. The first-order chi connectivity index (χ1) is 8.00. The van der Waals surface area contributed by atoms with E-state index in [1.165, 1.54) is 5.69 Å². The molecule has 1 heterocycles. The van der Waals surface area contributed by atoms with Crippen LogP contribution in [0.15, 0.2) is 12.3 Å². The number of ether oxygens (including phenoxy) is 1. The Morgan fingerprint density at radius 1 is 1.53 bits per heavy atom. The third-order valence-electron chi connectivity index (χ3n) is 3.55. The normalized spacial score (nSPS) is 17.1. The zero-order valence-electron chi connectivity index (χ0n) is 11.8. The third-order valence-corrected chi connectivity index (χ3v) is 3.55. The number of hydrogen-bond acceptors (Lipinski definition) is 3. The first-order valence-electron chi connectivity index (χ1n) is 6.26. The van der Waals surface area contributed by atoms with E-state index in [9.17, 15) is 0 Å². The lowest BCUT2D eigenvalue weighted by Crippen LogP contribution is -2.42. The van der Waals surface area contributed by atoms with Gasteiger partial charge in [-0.15, -0.1) is 0 Å². The molecule has 2 atom stereocenters. The molecule has 0 fully saturated rings. The van der Waals surface area contributed by atoms with E-state index in [1.807, 2.05) is 17.9 Å². The molecule has 1 N–H and O–H groups in total. The van der Waals surface area contributed by atoms with Gasteiger partial charge >= 0.3 is 0 Å². The summed E-state index contributed by atoms with van der Waals surface area (Å²) in [6.45, 7) is 8.55. The van der Waals surface area contributed by atoms with Gasteiger partial charge < -0.3 is 10.1 Å². The van der Waals surface area contributed by atoms with Crippen LogP contribution in [-0.2, 0) is 4.74 Å². The Morgan fingerprint density at radius 3 is 2.59 bits per heavy atom. The molecule has 1 aromatic heterocycles. The van der Waals surface area contributed by atoms with Crippen molar-refractivity contribution in [1.82, 2.24) is 15.1 Å². The standard InChI is InChI=1S/C13H25N3O/c1-7-13(4,17-6)12(14-5)11-8-9-15-16(11)10(2)3/h8-10,12,14H,7H2,1-6H3. The molecule has 0 saturated carbocycles. The van der Waals surface area contributed by atoms with Gasteiger partial charge in [-0.25, -0.2) is 0 Å². The van der Waals surface area contributed by atoms with Crippen LogP contribution in [0.1, 0.15) is 51.9 Å². The van der Waals surface area contributed by atoms with Crippen LogP contribution in [0.2, 0.25) is 0 Å². The van der Waals surface area contributed by atoms with E-state index in [0.717, 1.165) is 6.42 Å². The molecule has 0 aliphatic heterocycles. The summed E-state index contributed by atoms with van der Waals surface area (Å²) in [5.41, 5.74) is 0.954. The van der Waals surface area contributed by atoms with Crippen LogP contribution < -0.4 is 5.32 Å². The summed E-state index contributed by atoms with van der Waals surface area (Å²) in [7, 11) is 3.74. The first kappa shape index (κ1) is 14.2. The highest BCUT2D eigenvalue weighted by Gasteiger charge is 2.35. The maximum absolute atomic E-state index is 5.69. The Balaban J connectivity index is 3.13. The van der Waals surface area contributed by atoms with Gasteiger partial charge in [0.1, 0.15) is 0 Å². The zero-order chi connectivity index (χ0) is 13.1. The quantitative estimate of drug-likeness (QED) is 0.829. The number of aromatic nitrogens is 2. The van der Waals surface area contributed by atoms with E-state index in [2.05, 4.69) is 44.2 Å². The molecule has 0 aliphatic carbocycles. The van der Waals surface area contributed by atoms with Crippen LogP contribution >= 0.6 is 0 Å². The van der Waals surface area contributed by atoms with E-state index in [4.69, 9.17) is 4.74 Å². The lowest BCUT2D eigenvalue weighted by Gasteiger charge is -2.36. The van der Waals surface area contributed by atoms with Crippen molar-refractivity contribution in [3.8, 4) is 0 Å². The predicted molar refractivity (Wildman–Crippen MR) is 70.1 cm³/mol. The molecule has 0 bridgehead atoms. The maximum atomic E-state index is 5.69. The molecule has 98 valence electrons. The van der Waals surface area contributed by atoms with E-state index < -0.39 is 0 Å². The Kier molecular flexibility index (Phi) is 4.71. The van der Waals surface area contributed by atoms with Gasteiger partial charge in [0.05, 0.1) is 17.3 Å². The second kappa shape index (κ2) is 5.65. The van der Waals surface area contributed by atoms with Crippen molar-refractivity contribution >= 4 is 0 Å². The average Bonchev–Trinajstić information content (AvgIpc) is 2.78. The molecule has 0 saturated heterocycles. The summed E-state index contributed by atoms with van der Waals surface area (Å²) in [4.78, 5) is 0. The highest BCUT2D eigenvalue weighted by Crippen LogP contribution is 2.32. The SMILES string of the molecule is CCC(C)(OC)C(NC)c1ccnn1C(C)C. The van der Waals surface area contributed by atoms with Crippen LogP contribution in [-0.4, -0.2) is 29.5 Å². The summed E-state index contributed by atoms with van der Waals surface area (Å²) >= 11 is 0. The highest BCUT2D eigenvalue weighted by atomic mass is 16.5. The van der Waals surface area contributed by atoms with E-state index in [0.29, 0.717) is 6.04 Å². The number of likely N-dealkylation sites (N-methyl/N-ethyl adjacent to an activating group) is 1. The van der Waals surface area contributed by atoms with Crippen LogP contribution in [0.25, 0.3) is 0 Å². The molecule has 17 heavy (non-hydrogen) atoms. The molecule has 0 amide bonds. The molecule has 0 radical (unpaired) electrons. The number of methoxy groups -OCH3 is 1. The van der Waals surface area contributed by atoms with Crippen LogP contribution in [0.3, 0.4) is 0 Å². The van der Waals surface area contributed by atoms with Crippen LogP contribution in [0, 0.1) is 0 Å². The lowest BCUT2D eigenvalue weighted by molar-refractivity contribution is -0.0304. The van der Waals surface area contributed by atoms with Crippen molar-refractivity contribution < 1.29 is 4.74 Å². The second-order valence-electron chi connectivity index (χ2n) is 4.89. The number of nitrogens with one attached hydrogen (secondary N) is 1. The van der Waals surface area contributed by atoms with Gasteiger partial charge in [0, 0.05) is 19.3 Å². The van der Waals surface area contributed by atoms with Crippen molar-refractivity contribution in [2.75, 3.05) is 14.2 Å². The second-order valence-corrected chi connectivity index (χ2v) is 4.89. The van der Waals surface area contributed by atoms with E-state index >= 15 is 0 Å². The molecule has 4 nitrogen and oxygen atoms in total. The van der Waals surface area contributed by atoms with Crippen molar-refractivity contribution in [1.29, 1.82) is 0 Å². The van der Waals surface area contributed by atoms with Gasteiger partial charge in [-0.3, -0.25) is 4.68 Å². The highest BCUT2D eigenvalue weighted by molar-refractivity contribution is 5.13. The van der Waals surface area contributed by atoms with E-state index in [-0.39, 0.29) is 11.6 Å². The van der Waals surface area contributed by atoms with Crippen molar-refractivity contribution in [3.63, 3.8) is 0 Å². The number of rotatable bonds is 6. The minimum Gasteiger partial charge on any atom is -0.376 e. The summed E-state index contributed by atoms with van der Waals surface area (Å²) in [6.07, 6.45) is 2.80. The number of hydrogen-bond donors (Lipinski definition) is 1. The van der Waals surface area contributed by atoms with Crippen LogP contribution in [0.5, 0.6) is 0 Å². The molecule has 2 unspecified atom stereocenters. The van der Waals surface area contributed by atoms with Gasteiger partial charge in [0.15, 0.2) is 0 Å². The van der Waals surface area contributed by atoms with E-state index in [1.54, 1.807) is 7.11 Å². The van der Waals surface area contributed by atoms with Gasteiger partial charge in [0.2, 0.25) is 0 Å². The molecular formula is C13H25N3O. The van der Waals surface area contributed by atoms with Gasteiger partial charge in [-0.2, -0.15) is 5.10 Å². The molecule has 4 heteroatoms. The summed E-state index contributed by atoms with van der Waals surface area (Å²) in [5.74, 6) is 0. The fraction of sp³-hybridized carbons (Fsp3) is 0.769. The Morgan fingerprint density at radius 2 is 2.18 bits per heavy atom. The summed E-state index contributed by atoms with van der Waals surface area (Å²) in [5, 5.41) is 7.74. The topological polar surface area (TPSA) is 39.1 Å². The van der Waals surface area contributed by atoms with Crippen molar-refractivity contribution in [2.45, 2.75) is 51.8 Å². The fourth-order valence-corrected chi connectivity index (χ4v) is 2.22. The molecule has 1 aromatic rings. The smallest absolute Gasteiger partial charge is 0.0857 e. The van der Waals surface area contributed by atoms with Crippen molar-refractivity contribution in [3.05, 3.63) is 18.0 Å². The Bertz CT molecular complexity index is 342. The average molecular weight is 239 g/mol. The third kappa shape index (κ3) is 2.69. The molecule has 0 aliphatic rings. The zero-order valence-corrected chi connectivity index (χ0v) is 11.8. The lowest BCUT2D eigenvalue weighted by atomic mass is 9.90. The maximum Gasteiger partial charge on any atom is 0.0857 e. The summed E-state index contributed by atoms with van der Waals surface area (Å²) < 4.78 is 7.74. The molecule has 0 spiro atoms. The Labute approximate surface area is 104 Å². The van der Waals surface area contributed by atoms with Crippen LogP contribution in [0.4, 0.5) is 0 Å². The van der Waals surface area contributed by atoms with Gasteiger partial charge in [0.25, 0.3) is 0 Å². The minimum atomic E-state index is -0.221. The summed E-state index contributed by atoms with van der Waals surface area (Å²) in [6, 6.07) is 2.56. The molecule has 0 aromatic carbocycles. The number of nitrogens with zero attached hydrogens (tertiary/aromatic N) is 2. The van der Waals surface area contributed by atoms with Gasteiger partial charge in [-0.1, -0.05) is 6.92 Å². The fourth-order valence-electron chi connectivity index (χ4n) is 2.22. The molecular weight excluding hydrogens is 214 g/mol. The first-order valence-corrected chi connectivity index (χ1v) is 6.26. The molecule has 1 rings (SSSR count). The predicted octanol–water partition coefficient (Wildman–Crippen LogP) is 2.54. The van der Waals surface area contributed by atoms with Gasteiger partial charge in [-0.05, 0) is 40.3 Å². The monoisotopic (exact) mass is 239 g/mol. The minimum absolute atomic E-state index is 0.141. The van der Waals surface area contributed by atoms with Crippen molar-refractivity contribution in [2.24, 2.45) is 0 Å². The Hall–Kier alpha value is -0.870.